The number of aliphatic hydroxyl groups is 1. The Balaban J connectivity index is 1.48. The predicted molar refractivity (Wildman–Crippen MR) is 144 cm³/mol. The van der Waals surface area contributed by atoms with Gasteiger partial charge in [-0.2, -0.15) is 0 Å². The molecular formula is C32H42O9. The lowest BCUT2D eigenvalue weighted by Crippen LogP contribution is -2.74. The molecule has 4 heterocycles. The molecule has 224 valence electrons. The van der Waals surface area contributed by atoms with E-state index < -0.39 is 57.5 Å². The highest BCUT2D eigenvalue weighted by molar-refractivity contribution is 5.73. The molecule has 1 aromatic heterocycles. The van der Waals surface area contributed by atoms with Crippen LogP contribution in [0.4, 0.5) is 0 Å². The Bertz CT molecular complexity index is 1290. The van der Waals surface area contributed by atoms with Crippen LogP contribution in [0.5, 0.6) is 0 Å². The molecule has 1 aromatic rings. The third-order valence-electron chi connectivity index (χ3n) is 12.7. The summed E-state index contributed by atoms with van der Waals surface area (Å²) in [4.78, 5) is 27.0. The Labute approximate surface area is 240 Å². The van der Waals surface area contributed by atoms with Crippen LogP contribution in [0.3, 0.4) is 0 Å². The molecule has 41 heavy (non-hydrogen) atoms. The summed E-state index contributed by atoms with van der Waals surface area (Å²) in [5.74, 6) is -3.23. The van der Waals surface area contributed by atoms with Gasteiger partial charge in [0.25, 0.3) is 0 Å². The quantitative estimate of drug-likeness (QED) is 0.225. The maximum Gasteiger partial charge on any atom is 0.309 e. The Morgan fingerprint density at radius 1 is 1.17 bits per heavy atom. The van der Waals surface area contributed by atoms with Gasteiger partial charge in [0.1, 0.15) is 18.0 Å². The molecule has 0 amide bonds. The Kier molecular flexibility index (Phi) is 5.63. The second-order valence-electron chi connectivity index (χ2n) is 14.3. The third kappa shape index (κ3) is 2.91. The summed E-state index contributed by atoms with van der Waals surface area (Å²) in [7, 11) is 1.57. The minimum atomic E-state index is -1.65. The molecule has 0 bridgehead atoms. The third-order valence-corrected chi connectivity index (χ3v) is 12.7. The van der Waals surface area contributed by atoms with E-state index in [4.69, 9.17) is 28.1 Å². The molecule has 0 radical (unpaired) electrons. The monoisotopic (exact) mass is 570 g/mol. The zero-order valence-electron chi connectivity index (χ0n) is 24.9. The van der Waals surface area contributed by atoms with Crippen molar-refractivity contribution in [2.24, 2.45) is 39.4 Å². The number of fused-ring (bicyclic) bond motifs is 1. The standard InChI is InChI=1S/C32H42O9/c1-8-17(2)25(34)39-24-21-22-27(3,16-38-21)10-11-31(35)29(22,5)23(26(36-7)41-31)30(24,6)32-20(40-32)13-19(28(32,4)15-33)18-9-12-37-14-18/h9-12,14-15,17,19-24,26,35H,8,13,16H2,1-7H3. The minimum Gasteiger partial charge on any atom is -0.472 e. The number of aldehydes is 1. The van der Waals surface area contributed by atoms with Crippen molar-refractivity contribution < 1.29 is 42.8 Å². The molecule has 2 saturated carbocycles. The number of esters is 1. The fraction of sp³-hybridized carbons (Fsp3) is 0.750. The van der Waals surface area contributed by atoms with E-state index in [1.54, 1.807) is 25.7 Å². The Morgan fingerprint density at radius 2 is 1.93 bits per heavy atom. The Hall–Kier alpha value is -2.04. The van der Waals surface area contributed by atoms with Gasteiger partial charge in [-0.15, -0.1) is 0 Å². The predicted octanol–water partition coefficient (Wildman–Crippen LogP) is 3.99. The van der Waals surface area contributed by atoms with Crippen LogP contribution in [0.1, 0.15) is 65.9 Å². The van der Waals surface area contributed by atoms with Gasteiger partial charge in [-0.25, -0.2) is 0 Å². The van der Waals surface area contributed by atoms with E-state index in [0.29, 0.717) is 19.4 Å². The molecule has 9 nitrogen and oxygen atoms in total. The molecular weight excluding hydrogens is 528 g/mol. The van der Waals surface area contributed by atoms with E-state index in [0.717, 1.165) is 11.8 Å². The number of methoxy groups -OCH3 is 1. The van der Waals surface area contributed by atoms with Crippen LogP contribution in [0.25, 0.3) is 0 Å². The summed E-state index contributed by atoms with van der Waals surface area (Å²) in [6.07, 6.45) is 6.81. The first-order valence-corrected chi connectivity index (χ1v) is 14.9. The van der Waals surface area contributed by atoms with Crippen molar-refractivity contribution in [3.05, 3.63) is 36.3 Å². The first-order chi connectivity index (χ1) is 19.3. The summed E-state index contributed by atoms with van der Waals surface area (Å²) in [5, 5.41) is 12.2. The number of carbonyl (C=O) groups is 2. The average molecular weight is 571 g/mol. The summed E-state index contributed by atoms with van der Waals surface area (Å²) >= 11 is 0. The van der Waals surface area contributed by atoms with Crippen LogP contribution in [0, 0.1) is 39.4 Å². The smallest absolute Gasteiger partial charge is 0.309 e. The summed E-state index contributed by atoms with van der Waals surface area (Å²) in [5.41, 5.74) is -3.51. The van der Waals surface area contributed by atoms with Crippen LogP contribution < -0.4 is 0 Å². The van der Waals surface area contributed by atoms with Crippen molar-refractivity contribution >= 4 is 12.3 Å². The molecule has 3 saturated heterocycles. The molecule has 7 rings (SSSR count). The van der Waals surface area contributed by atoms with Crippen LogP contribution in [0.2, 0.25) is 0 Å². The second-order valence-corrected chi connectivity index (χ2v) is 14.3. The van der Waals surface area contributed by atoms with E-state index in [2.05, 4.69) is 6.92 Å². The number of rotatable bonds is 7. The van der Waals surface area contributed by atoms with Gasteiger partial charge in [0.05, 0.1) is 42.7 Å². The molecule has 3 aliphatic heterocycles. The zero-order chi connectivity index (χ0) is 29.4. The van der Waals surface area contributed by atoms with Gasteiger partial charge in [0.2, 0.25) is 0 Å². The van der Waals surface area contributed by atoms with Crippen molar-refractivity contribution in [2.75, 3.05) is 13.7 Å². The van der Waals surface area contributed by atoms with Gasteiger partial charge >= 0.3 is 5.97 Å². The first kappa shape index (κ1) is 27.8. The first-order valence-electron chi connectivity index (χ1n) is 14.9. The van der Waals surface area contributed by atoms with Crippen LogP contribution in [0.15, 0.2) is 35.2 Å². The second kappa shape index (κ2) is 8.32. The largest absolute Gasteiger partial charge is 0.472 e. The van der Waals surface area contributed by atoms with Crippen molar-refractivity contribution in [3.8, 4) is 0 Å². The number of ether oxygens (including phenoxy) is 5. The lowest BCUT2D eigenvalue weighted by Gasteiger charge is -2.64. The molecule has 1 N–H and O–H groups in total. The van der Waals surface area contributed by atoms with Gasteiger partial charge in [0.15, 0.2) is 12.1 Å². The van der Waals surface area contributed by atoms with E-state index >= 15 is 0 Å². The molecule has 14 unspecified atom stereocenters. The van der Waals surface area contributed by atoms with Crippen LogP contribution in [-0.2, 0) is 33.3 Å². The lowest BCUT2D eigenvalue weighted by atomic mass is 9.39. The maximum absolute atomic E-state index is 13.6. The van der Waals surface area contributed by atoms with Crippen molar-refractivity contribution in [3.63, 3.8) is 0 Å². The van der Waals surface area contributed by atoms with Gasteiger partial charge in [-0.05, 0) is 37.5 Å². The fourth-order valence-electron chi connectivity index (χ4n) is 10.5. The maximum atomic E-state index is 13.6. The van der Waals surface area contributed by atoms with E-state index in [1.807, 2.05) is 46.8 Å². The number of furan rings is 1. The molecule has 5 fully saturated rings. The van der Waals surface area contributed by atoms with E-state index in [1.165, 1.54) is 0 Å². The highest BCUT2D eigenvalue weighted by Crippen LogP contribution is 2.81. The number of epoxide rings is 1. The van der Waals surface area contributed by atoms with Crippen molar-refractivity contribution in [2.45, 2.75) is 96.3 Å². The SMILES string of the molecule is CCC(C)C(=O)OC1C2OCC3(C)C=CC4(O)OC(OC)C(C4(C)C23)C1(C)C12OC1CC(c1ccoc1)C2(C)C=O. The molecule has 6 aliphatic rings. The fourth-order valence-corrected chi connectivity index (χ4v) is 10.5. The highest BCUT2D eigenvalue weighted by Gasteiger charge is 2.91. The number of carbonyl (C=O) groups excluding carboxylic acids is 2. The van der Waals surface area contributed by atoms with E-state index in [9.17, 15) is 14.7 Å². The molecule has 9 heteroatoms. The number of hydrogen-bond acceptors (Lipinski definition) is 9. The molecule has 0 spiro atoms. The van der Waals surface area contributed by atoms with Gasteiger partial charge < -0.3 is 38.0 Å². The normalized spacial score (nSPS) is 54.9. The van der Waals surface area contributed by atoms with Crippen molar-refractivity contribution in [1.29, 1.82) is 0 Å². The zero-order valence-corrected chi connectivity index (χ0v) is 24.9. The minimum absolute atomic E-state index is 0.172. The molecule has 0 aromatic carbocycles. The lowest BCUT2D eigenvalue weighted by molar-refractivity contribution is -0.274. The highest BCUT2D eigenvalue weighted by atomic mass is 16.7. The summed E-state index contributed by atoms with van der Waals surface area (Å²) in [6, 6.07) is 1.90. The summed E-state index contributed by atoms with van der Waals surface area (Å²) in [6.45, 7) is 12.4. The summed E-state index contributed by atoms with van der Waals surface area (Å²) < 4.78 is 37.8. The van der Waals surface area contributed by atoms with Crippen LogP contribution >= 0.6 is 0 Å². The molecule has 3 aliphatic carbocycles. The van der Waals surface area contributed by atoms with E-state index in [-0.39, 0.29) is 29.8 Å². The molecule has 14 atom stereocenters. The topological polar surface area (TPSA) is 117 Å². The number of hydrogen-bond donors (Lipinski definition) is 1. The van der Waals surface area contributed by atoms with Gasteiger partial charge in [-0.3, -0.25) is 4.79 Å². The van der Waals surface area contributed by atoms with Gasteiger partial charge in [-0.1, -0.05) is 40.7 Å². The van der Waals surface area contributed by atoms with Gasteiger partial charge in [0, 0.05) is 41.1 Å². The average Bonchev–Trinajstić information content (AvgIpc) is 3.25. The Morgan fingerprint density at radius 3 is 2.56 bits per heavy atom. The van der Waals surface area contributed by atoms with Crippen molar-refractivity contribution in [1.82, 2.24) is 0 Å². The van der Waals surface area contributed by atoms with Crippen LogP contribution in [-0.4, -0.2) is 67.1 Å².